The second-order valence-electron chi connectivity index (χ2n) is 3.55. The van der Waals surface area contributed by atoms with E-state index >= 15 is 0 Å². The largest absolute Gasteiger partial charge is 0.372 e. The third kappa shape index (κ3) is 2.62. The Morgan fingerprint density at radius 2 is 2.28 bits per heavy atom. The molecule has 0 atom stereocenters. The second kappa shape index (κ2) is 5.09. The van der Waals surface area contributed by atoms with Gasteiger partial charge in [-0.15, -0.1) is 11.3 Å². The summed E-state index contributed by atoms with van der Waals surface area (Å²) in [6.07, 6.45) is 1.05. The summed E-state index contributed by atoms with van der Waals surface area (Å²) in [7, 11) is 1.62. The summed E-state index contributed by atoms with van der Waals surface area (Å²) in [5, 5.41) is 7.64. The van der Waals surface area contributed by atoms with Crippen LogP contribution in [-0.2, 0) is 0 Å². The van der Waals surface area contributed by atoms with Crippen LogP contribution < -0.4 is 10.6 Å². The number of nitrogens with one attached hydrogen (secondary N) is 2. The molecule has 0 spiro atoms. The van der Waals surface area contributed by atoms with E-state index in [1.54, 1.807) is 7.05 Å². The molecule has 7 heteroatoms. The van der Waals surface area contributed by atoms with Gasteiger partial charge in [0.25, 0.3) is 5.91 Å². The Kier molecular flexibility index (Phi) is 3.52. The van der Waals surface area contributed by atoms with E-state index in [9.17, 15) is 9.18 Å². The molecule has 2 rings (SSSR count). The molecule has 0 radical (unpaired) electrons. The summed E-state index contributed by atoms with van der Waals surface area (Å²) in [6.45, 7) is 1.83. The van der Waals surface area contributed by atoms with E-state index < -0.39 is 11.7 Å². The van der Waals surface area contributed by atoms with Gasteiger partial charge in [0.2, 0.25) is 0 Å². The van der Waals surface area contributed by atoms with Crippen molar-refractivity contribution < 1.29 is 9.18 Å². The summed E-state index contributed by atoms with van der Waals surface area (Å²) < 4.78 is 13.1. The van der Waals surface area contributed by atoms with Gasteiger partial charge in [0.05, 0.1) is 17.5 Å². The number of nitrogens with zero attached hydrogens (tertiary/aromatic N) is 2. The predicted octanol–water partition coefficient (Wildman–Crippen LogP) is 2.28. The Bertz CT molecular complexity index is 584. The van der Waals surface area contributed by atoms with Crippen LogP contribution in [0.4, 0.5) is 15.3 Å². The number of anilines is 2. The van der Waals surface area contributed by atoms with E-state index in [0.29, 0.717) is 10.9 Å². The number of aryl methyl sites for hydroxylation is 1. The first-order chi connectivity index (χ1) is 8.60. The average Bonchev–Trinajstić information content (AvgIpc) is 2.74. The Hall–Kier alpha value is -2.02. The highest BCUT2D eigenvalue weighted by atomic mass is 32.1. The number of thiazole rings is 1. The van der Waals surface area contributed by atoms with Crippen LogP contribution >= 0.6 is 11.3 Å². The number of carbonyl (C=O) groups excluding carboxylic acids is 1. The molecule has 0 saturated heterocycles. The summed E-state index contributed by atoms with van der Waals surface area (Å²) in [5.41, 5.74) is 0.965. The van der Waals surface area contributed by atoms with Gasteiger partial charge in [-0.2, -0.15) is 0 Å². The van der Waals surface area contributed by atoms with Gasteiger partial charge in [0.1, 0.15) is 11.6 Å². The molecule has 0 fully saturated rings. The molecule has 0 aliphatic rings. The average molecular weight is 266 g/mol. The Morgan fingerprint density at radius 3 is 2.89 bits per heavy atom. The zero-order chi connectivity index (χ0) is 13.1. The van der Waals surface area contributed by atoms with Crippen molar-refractivity contribution in [1.82, 2.24) is 9.97 Å². The SMILES string of the molecule is CNc1ncc(F)cc1C(=O)Nc1nc(C)cs1. The molecule has 2 N–H and O–H groups in total. The molecule has 0 unspecified atom stereocenters. The Balaban J connectivity index is 2.25. The van der Waals surface area contributed by atoms with Crippen molar-refractivity contribution in [3.05, 3.63) is 34.7 Å². The molecule has 5 nitrogen and oxygen atoms in total. The minimum absolute atomic E-state index is 0.144. The first kappa shape index (κ1) is 12.4. The van der Waals surface area contributed by atoms with E-state index in [1.165, 1.54) is 11.3 Å². The Morgan fingerprint density at radius 1 is 1.50 bits per heavy atom. The third-order valence-corrected chi connectivity index (χ3v) is 3.05. The number of carbonyl (C=O) groups is 1. The maximum Gasteiger partial charge on any atom is 0.261 e. The van der Waals surface area contributed by atoms with Crippen LogP contribution in [-0.4, -0.2) is 22.9 Å². The minimum Gasteiger partial charge on any atom is -0.372 e. The lowest BCUT2D eigenvalue weighted by molar-refractivity contribution is 0.102. The van der Waals surface area contributed by atoms with E-state index in [0.717, 1.165) is 18.0 Å². The van der Waals surface area contributed by atoms with Gasteiger partial charge in [-0.1, -0.05) is 0 Å². The molecule has 0 bridgehead atoms. The fourth-order valence-electron chi connectivity index (χ4n) is 1.39. The maximum atomic E-state index is 13.1. The number of aromatic nitrogens is 2. The molecule has 18 heavy (non-hydrogen) atoms. The standard InChI is InChI=1S/C11H11FN4OS/c1-6-5-18-11(15-6)16-10(17)8-3-7(12)4-14-9(8)13-2/h3-5H,1-2H3,(H,13,14)(H,15,16,17). The van der Waals surface area contributed by atoms with Crippen LogP contribution in [0.1, 0.15) is 16.1 Å². The van der Waals surface area contributed by atoms with Gasteiger partial charge in [0.15, 0.2) is 5.13 Å². The maximum absolute atomic E-state index is 13.1. The molecule has 2 heterocycles. The number of rotatable bonds is 3. The summed E-state index contributed by atoms with van der Waals surface area (Å²) in [6, 6.07) is 1.13. The topological polar surface area (TPSA) is 66.9 Å². The zero-order valence-corrected chi connectivity index (χ0v) is 10.6. The van der Waals surface area contributed by atoms with Crippen LogP contribution in [0.2, 0.25) is 0 Å². The number of hydrogen-bond acceptors (Lipinski definition) is 5. The monoisotopic (exact) mass is 266 g/mol. The normalized spacial score (nSPS) is 10.2. The number of amides is 1. The second-order valence-corrected chi connectivity index (χ2v) is 4.41. The van der Waals surface area contributed by atoms with E-state index in [2.05, 4.69) is 20.6 Å². The van der Waals surface area contributed by atoms with Gasteiger partial charge in [-0.05, 0) is 13.0 Å². The van der Waals surface area contributed by atoms with Crippen LogP contribution in [0.3, 0.4) is 0 Å². The number of pyridine rings is 1. The summed E-state index contributed by atoms with van der Waals surface area (Å²) in [5.74, 6) is -0.683. The molecule has 2 aromatic heterocycles. The quantitative estimate of drug-likeness (QED) is 0.894. The lowest BCUT2D eigenvalue weighted by Crippen LogP contribution is -2.15. The van der Waals surface area contributed by atoms with E-state index in [1.807, 2.05) is 12.3 Å². The van der Waals surface area contributed by atoms with Gasteiger partial charge in [0, 0.05) is 12.4 Å². The lowest BCUT2D eigenvalue weighted by atomic mass is 10.2. The molecular formula is C11H11FN4OS. The molecule has 1 amide bonds. The fraction of sp³-hybridized carbons (Fsp3) is 0.182. The van der Waals surface area contributed by atoms with Crippen molar-refractivity contribution in [2.75, 3.05) is 17.7 Å². The number of halogens is 1. The molecule has 0 aliphatic carbocycles. The highest BCUT2D eigenvalue weighted by molar-refractivity contribution is 7.13. The highest BCUT2D eigenvalue weighted by Gasteiger charge is 2.14. The van der Waals surface area contributed by atoms with E-state index in [-0.39, 0.29) is 5.56 Å². The van der Waals surface area contributed by atoms with Crippen molar-refractivity contribution in [2.45, 2.75) is 6.92 Å². The fourth-order valence-corrected chi connectivity index (χ4v) is 2.07. The van der Waals surface area contributed by atoms with Gasteiger partial charge < -0.3 is 5.32 Å². The molecule has 0 aromatic carbocycles. The predicted molar refractivity (Wildman–Crippen MR) is 68.5 cm³/mol. The molecule has 0 saturated carbocycles. The first-order valence-electron chi connectivity index (χ1n) is 5.17. The molecule has 94 valence electrons. The van der Waals surface area contributed by atoms with Crippen molar-refractivity contribution in [1.29, 1.82) is 0 Å². The smallest absolute Gasteiger partial charge is 0.261 e. The van der Waals surface area contributed by atoms with Crippen LogP contribution in [0.5, 0.6) is 0 Å². The molecule has 0 aliphatic heterocycles. The van der Waals surface area contributed by atoms with Gasteiger partial charge in [-0.25, -0.2) is 14.4 Å². The van der Waals surface area contributed by atoms with Crippen LogP contribution in [0.25, 0.3) is 0 Å². The third-order valence-electron chi connectivity index (χ3n) is 2.18. The summed E-state index contributed by atoms with van der Waals surface area (Å²) >= 11 is 1.31. The van der Waals surface area contributed by atoms with Gasteiger partial charge in [-0.3, -0.25) is 10.1 Å². The minimum atomic E-state index is -0.561. The summed E-state index contributed by atoms with van der Waals surface area (Å²) in [4.78, 5) is 19.9. The Labute approximate surface area is 107 Å². The van der Waals surface area contributed by atoms with Crippen LogP contribution in [0, 0.1) is 12.7 Å². The number of hydrogen-bond donors (Lipinski definition) is 2. The van der Waals surface area contributed by atoms with Crippen LogP contribution in [0.15, 0.2) is 17.6 Å². The van der Waals surface area contributed by atoms with Crippen molar-refractivity contribution in [3.63, 3.8) is 0 Å². The van der Waals surface area contributed by atoms with Crippen molar-refractivity contribution in [2.24, 2.45) is 0 Å². The lowest BCUT2D eigenvalue weighted by Gasteiger charge is -2.07. The van der Waals surface area contributed by atoms with Crippen molar-refractivity contribution >= 4 is 28.2 Å². The van der Waals surface area contributed by atoms with E-state index in [4.69, 9.17) is 0 Å². The van der Waals surface area contributed by atoms with Gasteiger partial charge >= 0.3 is 0 Å². The zero-order valence-electron chi connectivity index (χ0n) is 9.82. The van der Waals surface area contributed by atoms with Crippen molar-refractivity contribution in [3.8, 4) is 0 Å². The highest BCUT2D eigenvalue weighted by Crippen LogP contribution is 2.18. The molecular weight excluding hydrogens is 255 g/mol. The first-order valence-corrected chi connectivity index (χ1v) is 6.05. The molecule has 2 aromatic rings.